The summed E-state index contributed by atoms with van der Waals surface area (Å²) in [6, 6.07) is 4.64. The standard InChI is InChI=1S/C10H16N2/c1-3-9(2)12-8-10-5-4-6-11-7-10/h4-7,9,12H,3,8H2,1-2H3. The number of rotatable bonds is 4. The Morgan fingerprint density at radius 3 is 3.00 bits per heavy atom. The summed E-state index contributed by atoms with van der Waals surface area (Å²) in [5.41, 5.74) is 1.25. The Balaban J connectivity index is 2.33. The first-order valence-electron chi connectivity index (χ1n) is 4.45. The topological polar surface area (TPSA) is 24.9 Å². The van der Waals surface area contributed by atoms with E-state index in [1.54, 1.807) is 6.20 Å². The van der Waals surface area contributed by atoms with Crippen molar-refractivity contribution in [1.29, 1.82) is 0 Å². The third-order valence-electron chi connectivity index (χ3n) is 1.99. The fourth-order valence-corrected chi connectivity index (χ4v) is 0.939. The molecule has 1 aromatic rings. The van der Waals surface area contributed by atoms with Crippen molar-refractivity contribution in [2.75, 3.05) is 0 Å². The molecule has 0 radical (unpaired) electrons. The summed E-state index contributed by atoms with van der Waals surface area (Å²) < 4.78 is 0. The van der Waals surface area contributed by atoms with Crippen LogP contribution >= 0.6 is 0 Å². The average Bonchev–Trinajstić information content (AvgIpc) is 2.16. The highest BCUT2D eigenvalue weighted by Gasteiger charge is 1.96. The lowest BCUT2D eigenvalue weighted by atomic mass is 10.2. The minimum Gasteiger partial charge on any atom is -0.310 e. The first-order chi connectivity index (χ1) is 5.83. The second-order valence-electron chi connectivity index (χ2n) is 3.05. The third-order valence-corrected chi connectivity index (χ3v) is 1.99. The molecule has 0 spiro atoms. The molecule has 0 aromatic carbocycles. The summed E-state index contributed by atoms with van der Waals surface area (Å²) in [5.74, 6) is 0. The van der Waals surface area contributed by atoms with Crippen LogP contribution in [0.4, 0.5) is 0 Å². The summed E-state index contributed by atoms with van der Waals surface area (Å²) in [7, 11) is 0. The second-order valence-corrected chi connectivity index (χ2v) is 3.05. The van der Waals surface area contributed by atoms with Gasteiger partial charge < -0.3 is 5.32 Å². The summed E-state index contributed by atoms with van der Waals surface area (Å²) in [4.78, 5) is 4.05. The van der Waals surface area contributed by atoms with E-state index in [9.17, 15) is 0 Å². The highest BCUT2D eigenvalue weighted by molar-refractivity contribution is 5.07. The quantitative estimate of drug-likeness (QED) is 0.736. The van der Waals surface area contributed by atoms with Crippen LogP contribution in [0.5, 0.6) is 0 Å². The number of aromatic nitrogens is 1. The van der Waals surface area contributed by atoms with E-state index in [1.165, 1.54) is 12.0 Å². The van der Waals surface area contributed by atoms with E-state index in [1.807, 2.05) is 12.3 Å². The maximum Gasteiger partial charge on any atom is 0.0312 e. The first-order valence-corrected chi connectivity index (χ1v) is 4.45. The van der Waals surface area contributed by atoms with Crippen LogP contribution in [0, 0.1) is 0 Å². The largest absolute Gasteiger partial charge is 0.310 e. The molecule has 0 bridgehead atoms. The van der Waals surface area contributed by atoms with Crippen LogP contribution in [0.2, 0.25) is 0 Å². The molecule has 0 saturated heterocycles. The maximum absolute atomic E-state index is 4.05. The first kappa shape index (κ1) is 9.20. The van der Waals surface area contributed by atoms with E-state index < -0.39 is 0 Å². The molecule has 66 valence electrons. The predicted octanol–water partition coefficient (Wildman–Crippen LogP) is 1.97. The van der Waals surface area contributed by atoms with Crippen molar-refractivity contribution in [2.45, 2.75) is 32.9 Å². The molecule has 0 aliphatic rings. The summed E-state index contributed by atoms with van der Waals surface area (Å²) >= 11 is 0. The van der Waals surface area contributed by atoms with Crippen LogP contribution in [0.25, 0.3) is 0 Å². The molecule has 2 heteroatoms. The smallest absolute Gasteiger partial charge is 0.0312 e. The highest BCUT2D eigenvalue weighted by Crippen LogP contribution is 1.96. The summed E-state index contributed by atoms with van der Waals surface area (Å²) in [6.07, 6.45) is 4.86. The van der Waals surface area contributed by atoms with E-state index in [-0.39, 0.29) is 0 Å². The molecule has 0 aliphatic heterocycles. The average molecular weight is 164 g/mol. The van der Waals surface area contributed by atoms with E-state index in [0.29, 0.717) is 6.04 Å². The van der Waals surface area contributed by atoms with Gasteiger partial charge in [-0.2, -0.15) is 0 Å². The van der Waals surface area contributed by atoms with E-state index >= 15 is 0 Å². The minimum absolute atomic E-state index is 0.588. The van der Waals surface area contributed by atoms with Gasteiger partial charge in [-0.1, -0.05) is 13.0 Å². The van der Waals surface area contributed by atoms with Crippen LogP contribution in [-0.2, 0) is 6.54 Å². The number of nitrogens with one attached hydrogen (secondary N) is 1. The Morgan fingerprint density at radius 2 is 2.42 bits per heavy atom. The van der Waals surface area contributed by atoms with Gasteiger partial charge in [0.2, 0.25) is 0 Å². The molecule has 1 N–H and O–H groups in total. The van der Waals surface area contributed by atoms with Crippen LogP contribution in [0.3, 0.4) is 0 Å². The zero-order valence-electron chi connectivity index (χ0n) is 7.75. The van der Waals surface area contributed by atoms with Gasteiger partial charge in [0.25, 0.3) is 0 Å². The molecule has 0 fully saturated rings. The van der Waals surface area contributed by atoms with Gasteiger partial charge in [0.15, 0.2) is 0 Å². The zero-order chi connectivity index (χ0) is 8.81. The molecule has 1 rings (SSSR count). The van der Waals surface area contributed by atoms with Crippen molar-refractivity contribution in [2.24, 2.45) is 0 Å². The van der Waals surface area contributed by atoms with E-state index in [2.05, 4.69) is 30.2 Å². The number of pyridine rings is 1. The number of hydrogen-bond donors (Lipinski definition) is 1. The normalized spacial score (nSPS) is 12.8. The Morgan fingerprint density at radius 1 is 1.58 bits per heavy atom. The van der Waals surface area contributed by atoms with Crippen molar-refractivity contribution in [3.05, 3.63) is 30.1 Å². The maximum atomic E-state index is 4.05. The van der Waals surface area contributed by atoms with Gasteiger partial charge in [0, 0.05) is 25.0 Å². The molecular formula is C10H16N2. The highest BCUT2D eigenvalue weighted by atomic mass is 14.9. The molecule has 1 unspecified atom stereocenters. The summed E-state index contributed by atoms with van der Waals surface area (Å²) in [5, 5.41) is 3.41. The van der Waals surface area contributed by atoms with Gasteiger partial charge in [-0.15, -0.1) is 0 Å². The molecule has 0 aliphatic carbocycles. The Bertz CT molecular complexity index is 208. The van der Waals surface area contributed by atoms with Crippen LogP contribution in [0.15, 0.2) is 24.5 Å². The van der Waals surface area contributed by atoms with Crippen LogP contribution in [0.1, 0.15) is 25.8 Å². The molecule has 1 heterocycles. The lowest BCUT2D eigenvalue weighted by molar-refractivity contribution is 0.533. The fraction of sp³-hybridized carbons (Fsp3) is 0.500. The van der Waals surface area contributed by atoms with Crippen molar-refractivity contribution < 1.29 is 0 Å². The third kappa shape index (κ3) is 3.01. The van der Waals surface area contributed by atoms with Gasteiger partial charge in [0.05, 0.1) is 0 Å². The van der Waals surface area contributed by atoms with Crippen LogP contribution in [-0.4, -0.2) is 11.0 Å². The fourth-order valence-electron chi connectivity index (χ4n) is 0.939. The van der Waals surface area contributed by atoms with Crippen molar-refractivity contribution >= 4 is 0 Å². The predicted molar refractivity (Wildman–Crippen MR) is 50.8 cm³/mol. The molecule has 12 heavy (non-hydrogen) atoms. The lowest BCUT2D eigenvalue weighted by Gasteiger charge is -2.10. The molecule has 0 amide bonds. The van der Waals surface area contributed by atoms with Crippen molar-refractivity contribution in [3.63, 3.8) is 0 Å². The molecule has 1 atom stereocenters. The van der Waals surface area contributed by atoms with Gasteiger partial charge in [-0.3, -0.25) is 4.98 Å². The molecule has 0 saturated carbocycles. The molecular weight excluding hydrogens is 148 g/mol. The SMILES string of the molecule is CCC(C)NCc1cccnc1. The zero-order valence-corrected chi connectivity index (χ0v) is 7.75. The Labute approximate surface area is 74.0 Å². The lowest BCUT2D eigenvalue weighted by Crippen LogP contribution is -2.24. The van der Waals surface area contributed by atoms with Gasteiger partial charge in [-0.05, 0) is 25.0 Å². The van der Waals surface area contributed by atoms with Gasteiger partial charge in [-0.25, -0.2) is 0 Å². The molecule has 1 aromatic heterocycles. The van der Waals surface area contributed by atoms with E-state index in [4.69, 9.17) is 0 Å². The van der Waals surface area contributed by atoms with Crippen molar-refractivity contribution in [1.82, 2.24) is 10.3 Å². The van der Waals surface area contributed by atoms with E-state index in [0.717, 1.165) is 6.54 Å². The minimum atomic E-state index is 0.588. The van der Waals surface area contributed by atoms with Crippen LogP contribution < -0.4 is 5.32 Å². The summed E-state index contributed by atoms with van der Waals surface area (Å²) in [6.45, 7) is 5.29. The number of nitrogens with zero attached hydrogens (tertiary/aromatic N) is 1. The number of hydrogen-bond acceptors (Lipinski definition) is 2. The van der Waals surface area contributed by atoms with Gasteiger partial charge in [0.1, 0.15) is 0 Å². The Hall–Kier alpha value is -0.890. The Kier molecular flexibility index (Phi) is 3.74. The van der Waals surface area contributed by atoms with Crippen molar-refractivity contribution in [3.8, 4) is 0 Å². The monoisotopic (exact) mass is 164 g/mol. The van der Waals surface area contributed by atoms with Gasteiger partial charge >= 0.3 is 0 Å². The molecule has 2 nitrogen and oxygen atoms in total. The second kappa shape index (κ2) is 4.88.